The largest absolute Gasteiger partial charge is 0.455 e. The van der Waals surface area contributed by atoms with Crippen LogP contribution in [0.4, 0.5) is 5.82 Å². The zero-order valence-electron chi connectivity index (χ0n) is 19.6. The highest BCUT2D eigenvalue weighted by Gasteiger charge is 2.14. The SMILES string of the molecule is CC(C)NC(=O)c1ccc(CSc2nc(-c3ccccc3)cc(N(C)Cc3ccccc3)n2)o1. The highest BCUT2D eigenvalue weighted by Crippen LogP contribution is 2.28. The van der Waals surface area contributed by atoms with Gasteiger partial charge in [-0.25, -0.2) is 9.97 Å². The molecule has 0 spiro atoms. The summed E-state index contributed by atoms with van der Waals surface area (Å²) in [6.45, 7) is 4.57. The summed E-state index contributed by atoms with van der Waals surface area (Å²) < 4.78 is 5.74. The molecule has 0 bridgehead atoms. The van der Waals surface area contributed by atoms with Crippen LogP contribution in [-0.2, 0) is 12.3 Å². The zero-order valence-corrected chi connectivity index (χ0v) is 20.4. The van der Waals surface area contributed by atoms with Gasteiger partial charge in [0.15, 0.2) is 10.9 Å². The van der Waals surface area contributed by atoms with Crippen LogP contribution in [0.1, 0.15) is 35.7 Å². The Kier molecular flexibility index (Phi) is 7.65. The normalized spacial score (nSPS) is 10.9. The van der Waals surface area contributed by atoms with Gasteiger partial charge in [0.1, 0.15) is 11.6 Å². The van der Waals surface area contributed by atoms with Crippen LogP contribution in [-0.4, -0.2) is 29.0 Å². The van der Waals surface area contributed by atoms with Crippen molar-refractivity contribution >= 4 is 23.5 Å². The maximum Gasteiger partial charge on any atom is 0.287 e. The molecule has 174 valence electrons. The lowest BCUT2D eigenvalue weighted by molar-refractivity contribution is 0.0913. The summed E-state index contributed by atoms with van der Waals surface area (Å²) in [7, 11) is 2.03. The van der Waals surface area contributed by atoms with E-state index in [1.54, 1.807) is 6.07 Å². The van der Waals surface area contributed by atoms with E-state index in [9.17, 15) is 4.79 Å². The van der Waals surface area contributed by atoms with Crippen molar-refractivity contribution < 1.29 is 9.21 Å². The van der Waals surface area contributed by atoms with E-state index in [-0.39, 0.29) is 11.9 Å². The fourth-order valence-corrected chi connectivity index (χ4v) is 4.16. The van der Waals surface area contributed by atoms with Crippen molar-refractivity contribution in [2.45, 2.75) is 37.3 Å². The Hall–Kier alpha value is -3.58. The first kappa shape index (κ1) is 23.6. The van der Waals surface area contributed by atoms with Gasteiger partial charge in [0.25, 0.3) is 5.91 Å². The molecule has 0 saturated carbocycles. The van der Waals surface area contributed by atoms with E-state index in [1.807, 2.05) is 81.6 Å². The Bertz CT molecular complexity index is 1230. The van der Waals surface area contributed by atoms with Crippen LogP contribution < -0.4 is 10.2 Å². The molecule has 0 unspecified atom stereocenters. The second-order valence-corrected chi connectivity index (χ2v) is 9.23. The fourth-order valence-electron chi connectivity index (χ4n) is 3.41. The van der Waals surface area contributed by atoms with Crippen LogP contribution in [0.3, 0.4) is 0 Å². The molecule has 0 aliphatic carbocycles. The number of anilines is 1. The average molecular weight is 473 g/mol. The number of nitrogens with zero attached hydrogens (tertiary/aromatic N) is 3. The summed E-state index contributed by atoms with van der Waals surface area (Å²) in [5.74, 6) is 2.17. The van der Waals surface area contributed by atoms with Crippen LogP contribution >= 0.6 is 11.8 Å². The third-order valence-corrected chi connectivity index (χ3v) is 5.93. The number of nitrogens with one attached hydrogen (secondary N) is 1. The number of hydrogen-bond acceptors (Lipinski definition) is 6. The van der Waals surface area contributed by atoms with Crippen LogP contribution in [0.15, 0.2) is 88.4 Å². The van der Waals surface area contributed by atoms with Crippen LogP contribution in [0.2, 0.25) is 0 Å². The van der Waals surface area contributed by atoms with Gasteiger partial charge in [0.05, 0.1) is 11.4 Å². The first-order chi connectivity index (χ1) is 16.5. The summed E-state index contributed by atoms with van der Waals surface area (Å²) in [4.78, 5) is 23.9. The molecule has 0 atom stereocenters. The molecule has 4 aromatic rings. The molecule has 2 aromatic heterocycles. The van der Waals surface area contributed by atoms with Gasteiger partial charge >= 0.3 is 0 Å². The lowest BCUT2D eigenvalue weighted by Gasteiger charge is -2.19. The zero-order chi connectivity index (χ0) is 23.9. The molecular weight excluding hydrogens is 444 g/mol. The first-order valence-electron chi connectivity index (χ1n) is 11.2. The van der Waals surface area contributed by atoms with Gasteiger partial charge in [-0.05, 0) is 31.5 Å². The summed E-state index contributed by atoms with van der Waals surface area (Å²) >= 11 is 1.48. The molecule has 2 aromatic carbocycles. The molecule has 0 aliphatic heterocycles. The van der Waals surface area contributed by atoms with E-state index in [2.05, 4.69) is 22.3 Å². The predicted molar refractivity (Wildman–Crippen MR) is 137 cm³/mol. The van der Waals surface area contributed by atoms with Crippen molar-refractivity contribution in [2.24, 2.45) is 0 Å². The third-order valence-electron chi connectivity index (χ3n) is 5.06. The predicted octanol–water partition coefficient (Wildman–Crippen LogP) is 5.80. The summed E-state index contributed by atoms with van der Waals surface area (Å²) in [6.07, 6.45) is 0. The quantitative estimate of drug-likeness (QED) is 0.245. The minimum Gasteiger partial charge on any atom is -0.455 e. The van der Waals surface area contributed by atoms with Crippen molar-refractivity contribution in [3.05, 3.63) is 95.9 Å². The van der Waals surface area contributed by atoms with Crippen LogP contribution in [0, 0.1) is 0 Å². The Labute approximate surface area is 204 Å². The van der Waals surface area contributed by atoms with Gasteiger partial charge in [0.2, 0.25) is 0 Å². The summed E-state index contributed by atoms with van der Waals surface area (Å²) in [5.41, 5.74) is 3.11. The second kappa shape index (κ2) is 11.0. The number of thioether (sulfide) groups is 1. The number of aromatic nitrogens is 2. The van der Waals surface area contributed by atoms with E-state index >= 15 is 0 Å². The number of furan rings is 1. The maximum absolute atomic E-state index is 12.2. The molecule has 0 aliphatic rings. The van der Waals surface area contributed by atoms with Gasteiger partial charge in [-0.2, -0.15) is 0 Å². The van der Waals surface area contributed by atoms with Gasteiger partial charge in [-0.15, -0.1) is 0 Å². The number of hydrogen-bond donors (Lipinski definition) is 1. The molecule has 1 N–H and O–H groups in total. The Morgan fingerprint density at radius 3 is 2.41 bits per heavy atom. The van der Waals surface area contributed by atoms with E-state index in [0.29, 0.717) is 22.4 Å². The minimum absolute atomic E-state index is 0.0517. The molecule has 0 radical (unpaired) electrons. The third kappa shape index (κ3) is 6.26. The Morgan fingerprint density at radius 2 is 1.71 bits per heavy atom. The standard InChI is InChI=1S/C27H28N4O2S/c1-19(2)28-26(32)24-15-14-22(33-24)18-34-27-29-23(21-12-8-5-9-13-21)16-25(30-27)31(3)17-20-10-6-4-7-11-20/h4-16,19H,17-18H2,1-3H3,(H,28,32). The van der Waals surface area contributed by atoms with E-state index < -0.39 is 0 Å². The summed E-state index contributed by atoms with van der Waals surface area (Å²) in [6, 6.07) is 26.0. The van der Waals surface area contributed by atoms with Gasteiger partial charge < -0.3 is 14.6 Å². The lowest BCUT2D eigenvalue weighted by Crippen LogP contribution is -2.29. The smallest absolute Gasteiger partial charge is 0.287 e. The Morgan fingerprint density at radius 1 is 1.00 bits per heavy atom. The van der Waals surface area contributed by atoms with Crippen molar-refractivity contribution in [1.29, 1.82) is 0 Å². The van der Waals surface area contributed by atoms with Gasteiger partial charge in [0, 0.05) is 31.3 Å². The lowest BCUT2D eigenvalue weighted by atomic mass is 10.1. The molecule has 4 rings (SSSR count). The number of amides is 1. The molecular formula is C27H28N4O2S. The fraction of sp³-hybridized carbons (Fsp3) is 0.222. The van der Waals surface area contributed by atoms with Gasteiger partial charge in [-0.3, -0.25) is 4.79 Å². The van der Waals surface area contributed by atoms with E-state index in [4.69, 9.17) is 14.4 Å². The second-order valence-electron chi connectivity index (χ2n) is 8.28. The number of carbonyl (C=O) groups is 1. The van der Waals surface area contributed by atoms with E-state index in [1.165, 1.54) is 17.3 Å². The highest BCUT2D eigenvalue weighted by molar-refractivity contribution is 7.98. The highest BCUT2D eigenvalue weighted by atomic mass is 32.2. The molecule has 7 heteroatoms. The van der Waals surface area contributed by atoms with Crippen molar-refractivity contribution in [1.82, 2.24) is 15.3 Å². The van der Waals surface area contributed by atoms with Crippen molar-refractivity contribution in [3.8, 4) is 11.3 Å². The van der Waals surface area contributed by atoms with E-state index in [0.717, 1.165) is 23.6 Å². The number of rotatable bonds is 9. The molecule has 2 heterocycles. The summed E-state index contributed by atoms with van der Waals surface area (Å²) in [5, 5.41) is 3.50. The van der Waals surface area contributed by atoms with Crippen molar-refractivity contribution in [3.63, 3.8) is 0 Å². The topological polar surface area (TPSA) is 71.3 Å². The minimum atomic E-state index is -0.210. The van der Waals surface area contributed by atoms with Gasteiger partial charge in [-0.1, -0.05) is 72.4 Å². The van der Waals surface area contributed by atoms with Crippen molar-refractivity contribution in [2.75, 3.05) is 11.9 Å². The molecule has 0 fully saturated rings. The average Bonchev–Trinajstić information content (AvgIpc) is 3.33. The first-order valence-corrected chi connectivity index (χ1v) is 12.2. The monoisotopic (exact) mass is 472 g/mol. The molecule has 0 saturated heterocycles. The maximum atomic E-state index is 12.2. The molecule has 6 nitrogen and oxygen atoms in total. The Balaban J connectivity index is 1.55. The van der Waals surface area contributed by atoms with Crippen LogP contribution in [0.25, 0.3) is 11.3 Å². The number of carbonyl (C=O) groups excluding carboxylic acids is 1. The molecule has 1 amide bonds. The number of benzene rings is 2. The molecule has 34 heavy (non-hydrogen) atoms. The van der Waals surface area contributed by atoms with Crippen LogP contribution in [0.5, 0.6) is 0 Å².